The van der Waals surface area contributed by atoms with Gasteiger partial charge in [0.2, 0.25) is 10.0 Å². The maximum atomic E-state index is 11.4. The fourth-order valence-corrected chi connectivity index (χ4v) is 4.23. The second kappa shape index (κ2) is 6.32. The predicted molar refractivity (Wildman–Crippen MR) is 76.9 cm³/mol. The molecule has 1 saturated heterocycles. The lowest BCUT2D eigenvalue weighted by atomic mass is 10.1. The lowest BCUT2D eigenvalue weighted by Gasteiger charge is -2.37. The number of morpholine rings is 1. The summed E-state index contributed by atoms with van der Waals surface area (Å²) in [5.74, 6) is 0. The quantitative estimate of drug-likeness (QED) is 0.884. The third-order valence-electron chi connectivity index (χ3n) is 3.15. The summed E-state index contributed by atoms with van der Waals surface area (Å²) in [5, 5.41) is 2.02. The highest BCUT2D eigenvalue weighted by molar-refractivity contribution is 7.88. The highest BCUT2D eigenvalue weighted by atomic mass is 32.2. The Morgan fingerprint density at radius 3 is 2.63 bits per heavy atom. The minimum Gasteiger partial charge on any atom is -0.379 e. The van der Waals surface area contributed by atoms with E-state index in [1.54, 1.807) is 11.3 Å². The number of nitrogens with one attached hydrogen (secondary N) is 1. The van der Waals surface area contributed by atoms with Crippen molar-refractivity contribution in [2.45, 2.75) is 19.0 Å². The summed E-state index contributed by atoms with van der Waals surface area (Å²) in [7, 11) is -3.20. The van der Waals surface area contributed by atoms with Crippen LogP contribution in [0, 0.1) is 0 Å². The molecule has 1 aromatic heterocycles. The van der Waals surface area contributed by atoms with Gasteiger partial charge in [-0.25, -0.2) is 13.1 Å². The van der Waals surface area contributed by atoms with E-state index in [9.17, 15) is 8.42 Å². The first kappa shape index (κ1) is 14.9. The molecule has 0 aromatic carbocycles. The van der Waals surface area contributed by atoms with Crippen LogP contribution in [0.3, 0.4) is 0 Å². The van der Waals surface area contributed by atoms with E-state index in [0.29, 0.717) is 13.2 Å². The molecule has 19 heavy (non-hydrogen) atoms. The van der Waals surface area contributed by atoms with Crippen molar-refractivity contribution in [3.05, 3.63) is 22.4 Å². The molecule has 108 valence electrons. The van der Waals surface area contributed by atoms with E-state index in [2.05, 4.69) is 15.7 Å². The van der Waals surface area contributed by atoms with Crippen molar-refractivity contribution in [2.24, 2.45) is 0 Å². The third-order valence-corrected chi connectivity index (χ3v) is 4.89. The van der Waals surface area contributed by atoms with Gasteiger partial charge in [-0.1, -0.05) is 6.07 Å². The van der Waals surface area contributed by atoms with Crippen molar-refractivity contribution in [2.75, 3.05) is 32.6 Å². The van der Waals surface area contributed by atoms with Gasteiger partial charge < -0.3 is 4.74 Å². The largest absolute Gasteiger partial charge is 0.379 e. The van der Waals surface area contributed by atoms with Gasteiger partial charge in [0.15, 0.2) is 0 Å². The molecule has 2 atom stereocenters. The summed E-state index contributed by atoms with van der Waals surface area (Å²) in [4.78, 5) is 3.48. The van der Waals surface area contributed by atoms with Gasteiger partial charge in [-0.3, -0.25) is 4.90 Å². The molecule has 2 heterocycles. The maximum absolute atomic E-state index is 11.4. The van der Waals surface area contributed by atoms with Crippen LogP contribution in [0.4, 0.5) is 0 Å². The zero-order valence-electron chi connectivity index (χ0n) is 11.2. The summed E-state index contributed by atoms with van der Waals surface area (Å²) >= 11 is 1.66. The Balaban J connectivity index is 2.18. The average molecular weight is 304 g/mol. The van der Waals surface area contributed by atoms with Crippen molar-refractivity contribution < 1.29 is 13.2 Å². The molecule has 0 aliphatic carbocycles. The Labute approximate surface area is 118 Å². The summed E-state index contributed by atoms with van der Waals surface area (Å²) in [6, 6.07) is 3.97. The first-order chi connectivity index (χ1) is 8.97. The average Bonchev–Trinajstić information content (AvgIpc) is 2.82. The van der Waals surface area contributed by atoms with E-state index in [1.807, 2.05) is 18.4 Å². The molecule has 2 rings (SSSR count). The van der Waals surface area contributed by atoms with Gasteiger partial charge in [0.1, 0.15) is 0 Å². The van der Waals surface area contributed by atoms with Crippen molar-refractivity contribution >= 4 is 21.4 Å². The number of hydrogen-bond donors (Lipinski definition) is 1. The molecule has 0 saturated carbocycles. The Kier molecular flexibility index (Phi) is 4.97. The Morgan fingerprint density at radius 1 is 1.42 bits per heavy atom. The topological polar surface area (TPSA) is 58.6 Å². The molecule has 1 aliphatic rings. The van der Waals surface area contributed by atoms with Gasteiger partial charge in [-0.15, -0.1) is 11.3 Å². The Morgan fingerprint density at radius 2 is 2.11 bits per heavy atom. The number of hydrogen-bond acceptors (Lipinski definition) is 5. The monoisotopic (exact) mass is 304 g/mol. The molecule has 0 spiro atoms. The molecule has 7 heteroatoms. The zero-order chi connectivity index (χ0) is 13.9. The number of ether oxygens (including phenoxy) is 1. The van der Waals surface area contributed by atoms with Crippen molar-refractivity contribution in [3.63, 3.8) is 0 Å². The maximum Gasteiger partial charge on any atom is 0.209 e. The van der Waals surface area contributed by atoms with Crippen LogP contribution in [0.15, 0.2) is 17.5 Å². The van der Waals surface area contributed by atoms with Gasteiger partial charge in [0, 0.05) is 24.0 Å². The van der Waals surface area contributed by atoms with E-state index in [4.69, 9.17) is 4.74 Å². The number of nitrogens with zero attached hydrogens (tertiary/aromatic N) is 1. The molecule has 5 nitrogen and oxygen atoms in total. The number of sulfonamides is 1. The van der Waals surface area contributed by atoms with Crippen molar-refractivity contribution in [1.29, 1.82) is 0 Å². The molecule has 1 aliphatic heterocycles. The van der Waals surface area contributed by atoms with E-state index in [1.165, 1.54) is 11.1 Å². The SMILES string of the molecule is C[C@H](NS(C)(=O)=O)[C@@H](c1cccs1)N1CCOCC1. The third kappa shape index (κ3) is 4.25. The zero-order valence-corrected chi connectivity index (χ0v) is 12.8. The summed E-state index contributed by atoms with van der Waals surface area (Å²) in [6.07, 6.45) is 1.20. The number of rotatable bonds is 5. The standard InChI is InChI=1S/C12H20N2O3S2/c1-10(13-19(2,15)16)12(11-4-3-9-18-11)14-5-7-17-8-6-14/h3-4,9-10,12-13H,5-8H2,1-2H3/t10-,12-/m0/s1. The summed E-state index contributed by atoms with van der Waals surface area (Å²) in [6.45, 7) is 4.98. The van der Waals surface area contributed by atoms with Gasteiger partial charge in [-0.05, 0) is 18.4 Å². The van der Waals surface area contributed by atoms with Gasteiger partial charge in [-0.2, -0.15) is 0 Å². The molecular formula is C12H20N2O3S2. The lowest BCUT2D eigenvalue weighted by Crippen LogP contribution is -2.47. The molecule has 0 radical (unpaired) electrons. The summed E-state index contributed by atoms with van der Waals surface area (Å²) in [5.41, 5.74) is 0. The number of thiophene rings is 1. The first-order valence-electron chi connectivity index (χ1n) is 6.30. The minimum absolute atomic E-state index is 0.0682. The smallest absolute Gasteiger partial charge is 0.209 e. The van der Waals surface area contributed by atoms with E-state index in [-0.39, 0.29) is 12.1 Å². The fourth-order valence-electron chi connectivity index (χ4n) is 2.46. The van der Waals surface area contributed by atoms with Gasteiger partial charge in [0.25, 0.3) is 0 Å². The van der Waals surface area contributed by atoms with Crippen LogP contribution in [0.2, 0.25) is 0 Å². The summed E-state index contributed by atoms with van der Waals surface area (Å²) < 4.78 is 31.0. The highest BCUT2D eigenvalue weighted by Crippen LogP contribution is 2.29. The van der Waals surface area contributed by atoms with Crippen LogP contribution in [-0.4, -0.2) is 51.9 Å². The van der Waals surface area contributed by atoms with Crippen LogP contribution < -0.4 is 4.72 Å². The normalized spacial score (nSPS) is 21.2. The highest BCUT2D eigenvalue weighted by Gasteiger charge is 2.29. The van der Waals surface area contributed by atoms with E-state index < -0.39 is 10.0 Å². The molecule has 0 unspecified atom stereocenters. The lowest BCUT2D eigenvalue weighted by molar-refractivity contribution is 0.0113. The van der Waals surface area contributed by atoms with Crippen molar-refractivity contribution in [3.8, 4) is 0 Å². The van der Waals surface area contributed by atoms with Crippen LogP contribution >= 0.6 is 11.3 Å². The van der Waals surface area contributed by atoms with Crippen LogP contribution in [0.5, 0.6) is 0 Å². The van der Waals surface area contributed by atoms with E-state index in [0.717, 1.165) is 13.1 Å². The Bertz CT molecular complexity index is 481. The van der Waals surface area contributed by atoms with Gasteiger partial charge >= 0.3 is 0 Å². The van der Waals surface area contributed by atoms with Crippen LogP contribution in [0.25, 0.3) is 0 Å². The molecule has 1 N–H and O–H groups in total. The Hall–Kier alpha value is -0.470. The first-order valence-corrected chi connectivity index (χ1v) is 9.07. The van der Waals surface area contributed by atoms with Crippen molar-refractivity contribution in [1.82, 2.24) is 9.62 Å². The van der Waals surface area contributed by atoms with Crippen LogP contribution in [0.1, 0.15) is 17.8 Å². The van der Waals surface area contributed by atoms with E-state index >= 15 is 0 Å². The predicted octanol–water partition coefficient (Wildman–Crippen LogP) is 1.06. The fraction of sp³-hybridized carbons (Fsp3) is 0.667. The second-order valence-corrected chi connectivity index (χ2v) is 7.55. The van der Waals surface area contributed by atoms with Crippen LogP contribution in [-0.2, 0) is 14.8 Å². The minimum atomic E-state index is -3.20. The molecular weight excluding hydrogens is 284 g/mol. The second-order valence-electron chi connectivity index (χ2n) is 4.79. The molecule has 1 fully saturated rings. The molecule has 1 aromatic rings. The molecule has 0 bridgehead atoms. The van der Waals surface area contributed by atoms with Gasteiger partial charge in [0.05, 0.1) is 25.5 Å². The molecule has 0 amide bonds.